The van der Waals surface area contributed by atoms with E-state index in [1.807, 2.05) is 0 Å². The SMILES string of the molecule is FC(F)c1c(CCl)cc(Br)nc1I. The van der Waals surface area contributed by atoms with Crippen molar-refractivity contribution in [1.82, 2.24) is 4.98 Å². The smallest absolute Gasteiger partial charge is 0.234 e. The lowest BCUT2D eigenvalue weighted by Crippen LogP contribution is -1.99. The predicted octanol–water partition coefficient (Wildman–Crippen LogP) is 4.13. The number of aromatic nitrogens is 1. The van der Waals surface area contributed by atoms with Crippen molar-refractivity contribution in [2.45, 2.75) is 12.3 Å². The second-order valence-corrected chi connectivity index (χ2v) is 4.34. The molecule has 0 aliphatic rings. The molecule has 1 nitrogen and oxygen atoms in total. The summed E-state index contributed by atoms with van der Waals surface area (Å²) in [5.41, 5.74) is 0.349. The zero-order valence-corrected chi connectivity index (χ0v) is 10.7. The fourth-order valence-electron chi connectivity index (χ4n) is 0.881. The van der Waals surface area contributed by atoms with Crippen molar-refractivity contribution in [3.05, 3.63) is 25.5 Å². The van der Waals surface area contributed by atoms with Crippen LogP contribution in [0.25, 0.3) is 0 Å². The van der Waals surface area contributed by atoms with E-state index < -0.39 is 6.43 Å². The molecule has 0 amide bonds. The predicted molar refractivity (Wildman–Crippen MR) is 59.2 cm³/mol. The van der Waals surface area contributed by atoms with Crippen LogP contribution in [0.15, 0.2) is 10.7 Å². The second-order valence-electron chi connectivity index (χ2n) is 2.24. The summed E-state index contributed by atoms with van der Waals surface area (Å²) in [7, 11) is 0. The Kier molecular flexibility index (Phi) is 4.31. The Morgan fingerprint density at radius 2 is 2.23 bits per heavy atom. The molecule has 0 radical (unpaired) electrons. The van der Waals surface area contributed by atoms with Crippen LogP contribution in [0, 0.1) is 3.70 Å². The molecule has 0 atom stereocenters. The van der Waals surface area contributed by atoms with Gasteiger partial charge in [0.2, 0.25) is 0 Å². The van der Waals surface area contributed by atoms with E-state index in [2.05, 4.69) is 20.9 Å². The Balaban J connectivity index is 3.30. The molecule has 0 saturated carbocycles. The highest BCUT2D eigenvalue weighted by molar-refractivity contribution is 14.1. The molecule has 0 N–H and O–H groups in total. The van der Waals surface area contributed by atoms with E-state index >= 15 is 0 Å². The van der Waals surface area contributed by atoms with Crippen molar-refractivity contribution < 1.29 is 8.78 Å². The number of halogens is 5. The zero-order chi connectivity index (χ0) is 10.0. The Hall–Kier alpha value is 0.510. The summed E-state index contributed by atoms with van der Waals surface area (Å²) in [5, 5.41) is 0. The summed E-state index contributed by atoms with van der Waals surface area (Å²) in [6.07, 6.45) is -2.53. The van der Waals surface area contributed by atoms with Crippen LogP contribution in [0.4, 0.5) is 8.78 Å². The van der Waals surface area contributed by atoms with Crippen LogP contribution in [0.2, 0.25) is 0 Å². The van der Waals surface area contributed by atoms with Gasteiger partial charge in [0.15, 0.2) is 0 Å². The molecule has 0 aliphatic carbocycles. The summed E-state index contributed by atoms with van der Waals surface area (Å²) in [6.45, 7) is 0. The number of hydrogen-bond acceptors (Lipinski definition) is 1. The molecule has 1 rings (SSSR count). The van der Waals surface area contributed by atoms with Gasteiger partial charge in [-0.2, -0.15) is 0 Å². The van der Waals surface area contributed by atoms with Crippen LogP contribution in [-0.2, 0) is 5.88 Å². The van der Waals surface area contributed by atoms with Crippen LogP contribution in [-0.4, -0.2) is 4.98 Å². The van der Waals surface area contributed by atoms with E-state index in [0.29, 0.717) is 10.2 Å². The van der Waals surface area contributed by atoms with Crippen LogP contribution in [0.1, 0.15) is 17.6 Å². The van der Waals surface area contributed by atoms with Gasteiger partial charge in [-0.25, -0.2) is 13.8 Å². The third-order valence-electron chi connectivity index (χ3n) is 1.43. The third kappa shape index (κ3) is 2.73. The Morgan fingerprint density at radius 3 is 2.69 bits per heavy atom. The number of pyridine rings is 1. The van der Waals surface area contributed by atoms with E-state index in [1.54, 1.807) is 22.6 Å². The first-order chi connectivity index (χ1) is 6.06. The van der Waals surface area contributed by atoms with Gasteiger partial charge in [-0.05, 0) is 50.2 Å². The average Bonchev–Trinajstić information content (AvgIpc) is 2.01. The van der Waals surface area contributed by atoms with Gasteiger partial charge in [-0.1, -0.05) is 0 Å². The lowest BCUT2D eigenvalue weighted by Gasteiger charge is -2.08. The largest absolute Gasteiger partial charge is 0.266 e. The van der Waals surface area contributed by atoms with Crippen molar-refractivity contribution in [2.24, 2.45) is 0 Å². The van der Waals surface area contributed by atoms with Gasteiger partial charge >= 0.3 is 0 Å². The summed E-state index contributed by atoms with van der Waals surface area (Å²) in [4.78, 5) is 3.87. The van der Waals surface area contributed by atoms with Crippen molar-refractivity contribution in [3.63, 3.8) is 0 Å². The average molecular weight is 382 g/mol. The molecule has 1 aromatic heterocycles. The van der Waals surface area contributed by atoms with Crippen LogP contribution in [0.3, 0.4) is 0 Å². The first-order valence-electron chi connectivity index (χ1n) is 3.25. The summed E-state index contributed by atoms with van der Waals surface area (Å²) in [6, 6.07) is 1.51. The minimum Gasteiger partial charge on any atom is -0.234 e. The molecular formula is C7H4BrClF2IN. The van der Waals surface area contributed by atoms with Gasteiger partial charge in [-0.3, -0.25) is 0 Å². The number of alkyl halides is 3. The highest BCUT2D eigenvalue weighted by atomic mass is 127. The molecule has 0 aromatic carbocycles. The lowest BCUT2D eigenvalue weighted by atomic mass is 10.2. The van der Waals surface area contributed by atoms with Crippen molar-refractivity contribution in [2.75, 3.05) is 0 Å². The van der Waals surface area contributed by atoms with E-state index in [-0.39, 0.29) is 15.1 Å². The maximum atomic E-state index is 12.5. The fraction of sp³-hybridized carbons (Fsp3) is 0.286. The van der Waals surface area contributed by atoms with Crippen molar-refractivity contribution >= 4 is 50.1 Å². The van der Waals surface area contributed by atoms with Gasteiger partial charge in [0.05, 0.1) is 5.56 Å². The third-order valence-corrected chi connectivity index (χ3v) is 2.95. The number of hydrogen-bond donors (Lipinski definition) is 0. The molecule has 0 aliphatic heterocycles. The molecule has 1 heterocycles. The molecule has 0 saturated heterocycles. The molecule has 0 bridgehead atoms. The van der Waals surface area contributed by atoms with Gasteiger partial charge in [0.1, 0.15) is 8.30 Å². The van der Waals surface area contributed by atoms with Crippen LogP contribution < -0.4 is 0 Å². The molecule has 1 aromatic rings. The quantitative estimate of drug-likeness (QED) is 0.426. The van der Waals surface area contributed by atoms with E-state index in [1.165, 1.54) is 6.07 Å². The van der Waals surface area contributed by atoms with E-state index in [9.17, 15) is 8.78 Å². The minimum atomic E-state index is -2.53. The number of nitrogens with zero attached hydrogens (tertiary/aromatic N) is 1. The van der Waals surface area contributed by atoms with Crippen LogP contribution >= 0.6 is 50.1 Å². The highest BCUT2D eigenvalue weighted by Crippen LogP contribution is 2.29. The number of rotatable bonds is 2. The minimum absolute atomic E-state index is 0.0663. The van der Waals surface area contributed by atoms with Gasteiger partial charge in [-0.15, -0.1) is 11.6 Å². The standard InChI is InChI=1S/C7H4BrClF2IN/c8-4-1-3(2-9)5(6(10)11)7(12)13-4/h1,6H,2H2. The van der Waals surface area contributed by atoms with Gasteiger partial charge < -0.3 is 0 Å². The molecule has 72 valence electrons. The van der Waals surface area contributed by atoms with Crippen LogP contribution in [0.5, 0.6) is 0 Å². The molecule has 6 heteroatoms. The zero-order valence-electron chi connectivity index (χ0n) is 6.20. The van der Waals surface area contributed by atoms with Gasteiger partial charge in [0.25, 0.3) is 6.43 Å². The van der Waals surface area contributed by atoms with E-state index in [4.69, 9.17) is 11.6 Å². The second kappa shape index (κ2) is 4.84. The first kappa shape index (κ1) is 11.6. The summed E-state index contributed by atoms with van der Waals surface area (Å²) >= 11 is 10.4. The Bertz CT molecular complexity index is 322. The fourth-order valence-corrected chi connectivity index (χ4v) is 2.73. The molecule has 0 unspecified atom stereocenters. The summed E-state index contributed by atoms with van der Waals surface area (Å²) < 4.78 is 25.8. The Labute approximate surface area is 101 Å². The van der Waals surface area contributed by atoms with Gasteiger partial charge in [0, 0.05) is 5.88 Å². The normalized spacial score (nSPS) is 10.9. The molecule has 0 fully saturated rings. The monoisotopic (exact) mass is 381 g/mol. The lowest BCUT2D eigenvalue weighted by molar-refractivity contribution is 0.149. The maximum absolute atomic E-state index is 12.5. The van der Waals surface area contributed by atoms with Crippen molar-refractivity contribution in [1.29, 1.82) is 0 Å². The summed E-state index contributed by atoms with van der Waals surface area (Å²) in [5.74, 6) is 0.0663. The van der Waals surface area contributed by atoms with E-state index in [0.717, 1.165) is 0 Å². The molecule has 0 spiro atoms. The molecular weight excluding hydrogens is 378 g/mol. The Morgan fingerprint density at radius 1 is 1.62 bits per heavy atom. The topological polar surface area (TPSA) is 12.9 Å². The van der Waals surface area contributed by atoms with Crippen molar-refractivity contribution in [3.8, 4) is 0 Å². The molecule has 13 heavy (non-hydrogen) atoms. The maximum Gasteiger partial charge on any atom is 0.266 e. The first-order valence-corrected chi connectivity index (χ1v) is 5.65. The highest BCUT2D eigenvalue weighted by Gasteiger charge is 2.18.